The van der Waals surface area contributed by atoms with Gasteiger partial charge in [0.05, 0.1) is 5.56 Å². The van der Waals surface area contributed by atoms with Crippen molar-refractivity contribution >= 4 is 17.7 Å². The van der Waals surface area contributed by atoms with Gasteiger partial charge in [-0.25, -0.2) is 0 Å². The van der Waals surface area contributed by atoms with Gasteiger partial charge in [-0.3, -0.25) is 4.79 Å². The normalized spacial score (nSPS) is 10.6. The molecule has 0 aliphatic rings. The second-order valence-corrected chi connectivity index (χ2v) is 5.29. The zero-order valence-corrected chi connectivity index (χ0v) is 12.9. The van der Waals surface area contributed by atoms with Crippen molar-refractivity contribution < 1.29 is 4.79 Å². The molecule has 0 spiro atoms. The summed E-state index contributed by atoms with van der Waals surface area (Å²) in [6.45, 7) is 10.1. The van der Waals surface area contributed by atoms with Crippen LogP contribution in [0.3, 0.4) is 0 Å². The van der Waals surface area contributed by atoms with E-state index < -0.39 is 0 Å². The number of nitrogens with zero attached hydrogens (tertiary/aromatic N) is 1. The summed E-state index contributed by atoms with van der Waals surface area (Å²) in [4.78, 5) is 13.5. The average molecular weight is 298 g/mol. The Labute approximate surface area is 130 Å². The van der Waals surface area contributed by atoms with Crippen LogP contribution in [0.1, 0.15) is 18.9 Å². The van der Waals surface area contributed by atoms with Crippen molar-refractivity contribution in [2.24, 2.45) is 0 Å². The number of carbonyl (C=O) groups is 1. The Morgan fingerprint density at radius 2 is 2.19 bits per heavy atom. The summed E-state index contributed by atoms with van der Waals surface area (Å²) in [5.41, 5.74) is 0.945. The van der Waals surface area contributed by atoms with E-state index in [1.54, 1.807) is 18.2 Å². The number of thioether (sulfide) groups is 1. The van der Waals surface area contributed by atoms with E-state index in [2.05, 4.69) is 24.5 Å². The molecule has 1 N–H and O–H groups in total. The third-order valence-electron chi connectivity index (χ3n) is 2.60. The second-order valence-electron chi connectivity index (χ2n) is 4.21. The fourth-order valence-corrected chi connectivity index (χ4v) is 2.51. The first-order valence-electron chi connectivity index (χ1n) is 6.61. The highest BCUT2D eigenvalue weighted by molar-refractivity contribution is 8.03. The molecule has 0 bridgehead atoms. The van der Waals surface area contributed by atoms with Crippen LogP contribution in [0.5, 0.6) is 0 Å². The van der Waals surface area contributed by atoms with Crippen molar-refractivity contribution in [1.82, 2.24) is 5.32 Å². The Bertz CT molecular complexity index is 611. The van der Waals surface area contributed by atoms with E-state index in [1.807, 2.05) is 25.1 Å². The maximum Gasteiger partial charge on any atom is 0.251 e. The topological polar surface area (TPSA) is 52.9 Å². The van der Waals surface area contributed by atoms with E-state index in [-0.39, 0.29) is 5.91 Å². The third-order valence-corrected chi connectivity index (χ3v) is 3.78. The molecular weight excluding hydrogens is 280 g/mol. The van der Waals surface area contributed by atoms with E-state index in [1.165, 1.54) is 11.8 Å². The van der Waals surface area contributed by atoms with Crippen molar-refractivity contribution in [2.75, 3.05) is 6.54 Å². The van der Waals surface area contributed by atoms with Crippen LogP contribution in [-0.2, 0) is 4.79 Å². The highest BCUT2D eigenvalue weighted by Crippen LogP contribution is 2.33. The number of amides is 1. The molecule has 1 amide bonds. The molecule has 0 saturated carbocycles. The Morgan fingerprint density at radius 1 is 1.48 bits per heavy atom. The van der Waals surface area contributed by atoms with Crippen LogP contribution in [0, 0.1) is 11.3 Å². The van der Waals surface area contributed by atoms with Crippen LogP contribution < -0.4 is 5.32 Å². The maximum absolute atomic E-state index is 12.0. The Morgan fingerprint density at radius 3 is 2.81 bits per heavy atom. The summed E-state index contributed by atoms with van der Waals surface area (Å²) in [6.07, 6.45) is 4.20. The number of rotatable bonds is 7. The number of allylic oxidation sites excluding steroid dienone is 2. The Hall–Kier alpha value is -2.25. The number of hydrogen-bond donors (Lipinski definition) is 1. The molecule has 108 valence electrons. The van der Waals surface area contributed by atoms with Gasteiger partial charge in [-0.1, -0.05) is 50.1 Å². The first kappa shape index (κ1) is 16.8. The lowest BCUT2D eigenvalue weighted by molar-refractivity contribution is -0.117. The minimum Gasteiger partial charge on any atom is -0.352 e. The van der Waals surface area contributed by atoms with E-state index in [0.29, 0.717) is 22.6 Å². The predicted octanol–water partition coefficient (Wildman–Crippen LogP) is 3.80. The molecule has 1 aromatic rings. The highest BCUT2D eigenvalue weighted by atomic mass is 32.2. The first-order valence-corrected chi connectivity index (χ1v) is 7.42. The maximum atomic E-state index is 12.0. The molecule has 0 aromatic heterocycles. The van der Waals surface area contributed by atoms with Crippen molar-refractivity contribution in [2.45, 2.75) is 18.2 Å². The lowest BCUT2D eigenvalue weighted by Crippen LogP contribution is -2.25. The lowest BCUT2D eigenvalue weighted by Gasteiger charge is -2.11. The van der Waals surface area contributed by atoms with Crippen LogP contribution in [0.2, 0.25) is 0 Å². The van der Waals surface area contributed by atoms with Crippen molar-refractivity contribution in [1.29, 1.82) is 5.26 Å². The first-order chi connectivity index (χ1) is 10.1. The van der Waals surface area contributed by atoms with Gasteiger partial charge in [0, 0.05) is 21.9 Å². The van der Waals surface area contributed by atoms with Gasteiger partial charge in [-0.2, -0.15) is 5.26 Å². The van der Waals surface area contributed by atoms with Gasteiger partial charge in [0.15, 0.2) is 0 Å². The van der Waals surface area contributed by atoms with E-state index in [9.17, 15) is 4.79 Å². The summed E-state index contributed by atoms with van der Waals surface area (Å²) < 4.78 is 0. The van der Waals surface area contributed by atoms with Gasteiger partial charge in [-0.15, -0.1) is 0 Å². The van der Waals surface area contributed by atoms with Gasteiger partial charge in [-0.05, 0) is 24.6 Å². The molecule has 0 aliphatic carbocycles. The average Bonchev–Trinajstić information content (AvgIpc) is 2.51. The van der Waals surface area contributed by atoms with Gasteiger partial charge < -0.3 is 5.32 Å². The van der Waals surface area contributed by atoms with E-state index in [0.717, 1.165) is 11.3 Å². The zero-order valence-electron chi connectivity index (χ0n) is 12.1. The van der Waals surface area contributed by atoms with Crippen LogP contribution in [0.25, 0.3) is 0 Å². The number of hydrogen-bond acceptors (Lipinski definition) is 3. The molecule has 3 nitrogen and oxygen atoms in total. The fourth-order valence-electron chi connectivity index (χ4n) is 1.53. The summed E-state index contributed by atoms with van der Waals surface area (Å²) in [5.74, 6) is -0.202. The van der Waals surface area contributed by atoms with Gasteiger partial charge in [0.2, 0.25) is 0 Å². The minimum absolute atomic E-state index is 0.202. The predicted molar refractivity (Wildman–Crippen MR) is 87.7 cm³/mol. The van der Waals surface area contributed by atoms with Gasteiger partial charge in [0.1, 0.15) is 6.07 Å². The quantitative estimate of drug-likeness (QED) is 0.473. The van der Waals surface area contributed by atoms with E-state index >= 15 is 0 Å². The fraction of sp³-hybridized carbons (Fsp3) is 0.176. The summed E-state index contributed by atoms with van der Waals surface area (Å²) in [6, 6.07) is 9.39. The van der Waals surface area contributed by atoms with Gasteiger partial charge in [0.25, 0.3) is 5.91 Å². The van der Waals surface area contributed by atoms with Crippen LogP contribution >= 0.6 is 11.8 Å². The second kappa shape index (κ2) is 8.83. The minimum atomic E-state index is -0.202. The molecule has 0 aliphatic heterocycles. The molecule has 0 heterocycles. The lowest BCUT2D eigenvalue weighted by atomic mass is 10.2. The van der Waals surface area contributed by atoms with Crippen LogP contribution in [0.15, 0.2) is 64.9 Å². The SMILES string of the molecule is C=C/C=C(/Sc1ccccc1C#N)C(=C)C(=O)NCCC. The molecule has 0 radical (unpaired) electrons. The monoisotopic (exact) mass is 298 g/mol. The molecule has 4 heteroatoms. The highest BCUT2D eigenvalue weighted by Gasteiger charge is 2.14. The molecular formula is C17H18N2OS. The number of benzene rings is 1. The van der Waals surface area contributed by atoms with Crippen molar-refractivity contribution in [3.8, 4) is 6.07 Å². The molecule has 0 saturated heterocycles. The van der Waals surface area contributed by atoms with Crippen molar-refractivity contribution in [3.05, 3.63) is 65.6 Å². The van der Waals surface area contributed by atoms with Gasteiger partial charge >= 0.3 is 0 Å². The summed E-state index contributed by atoms with van der Waals surface area (Å²) in [7, 11) is 0. The number of carbonyl (C=O) groups excluding carboxylic acids is 1. The smallest absolute Gasteiger partial charge is 0.251 e. The zero-order chi connectivity index (χ0) is 15.7. The molecule has 0 atom stereocenters. The standard InChI is InChI=1S/C17H18N2OS/c1-4-8-15(13(3)17(20)19-11-5-2)21-16-10-7-6-9-14(16)12-18/h4,6-10H,1,3,5,11H2,2H3,(H,19,20)/b15-8+. The summed E-state index contributed by atoms with van der Waals surface area (Å²) in [5, 5.41) is 11.9. The Balaban J connectivity index is 2.96. The largest absolute Gasteiger partial charge is 0.352 e. The van der Waals surface area contributed by atoms with E-state index in [4.69, 9.17) is 5.26 Å². The van der Waals surface area contributed by atoms with Crippen molar-refractivity contribution in [3.63, 3.8) is 0 Å². The molecule has 1 aromatic carbocycles. The molecule has 0 unspecified atom stereocenters. The van der Waals surface area contributed by atoms with Crippen LogP contribution in [0.4, 0.5) is 0 Å². The van der Waals surface area contributed by atoms with Crippen LogP contribution in [-0.4, -0.2) is 12.5 Å². The number of nitriles is 1. The summed E-state index contributed by atoms with van der Waals surface area (Å²) >= 11 is 1.34. The number of nitrogens with one attached hydrogen (secondary N) is 1. The molecule has 1 rings (SSSR count). The molecule has 21 heavy (non-hydrogen) atoms. The Kier molecular flexibility index (Phi) is 7.06. The third kappa shape index (κ3) is 4.97. The molecule has 0 fully saturated rings.